The van der Waals surface area contributed by atoms with Crippen molar-refractivity contribution in [2.45, 2.75) is 6.61 Å². The Morgan fingerprint density at radius 2 is 1.65 bits per heavy atom. The summed E-state index contributed by atoms with van der Waals surface area (Å²) in [5, 5.41) is 10.7. The number of hydrogen-bond acceptors (Lipinski definition) is 8. The number of carbonyl (C=O) groups excluding carboxylic acids is 1. The molecule has 0 spiro atoms. The molecule has 0 fully saturated rings. The summed E-state index contributed by atoms with van der Waals surface area (Å²) in [5.74, 6) is 1.66. The smallest absolute Gasteiger partial charge is 0.279 e. The molecule has 6 rings (SSSR count). The fourth-order valence-corrected chi connectivity index (χ4v) is 4.83. The summed E-state index contributed by atoms with van der Waals surface area (Å²) in [4.78, 5) is 23.3. The molecule has 0 atom stereocenters. The number of benzene rings is 3. The number of rotatable bonds is 6. The lowest BCUT2D eigenvalue weighted by Crippen LogP contribution is -2.29. The minimum atomic E-state index is -0.274. The molecule has 0 aliphatic heterocycles. The van der Waals surface area contributed by atoms with Crippen molar-refractivity contribution in [3.63, 3.8) is 0 Å². The fraction of sp³-hybridized carbons (Fsp3) is 0.0741. The first-order valence-corrected chi connectivity index (χ1v) is 12.2. The maximum Gasteiger partial charge on any atom is 0.279 e. The van der Waals surface area contributed by atoms with Crippen molar-refractivity contribution in [3.8, 4) is 11.5 Å². The van der Waals surface area contributed by atoms with E-state index in [2.05, 4.69) is 15.2 Å². The summed E-state index contributed by atoms with van der Waals surface area (Å²) in [7, 11) is 1.65. The van der Waals surface area contributed by atoms with Crippen molar-refractivity contribution in [2.24, 2.45) is 4.99 Å². The van der Waals surface area contributed by atoms with Crippen LogP contribution in [-0.2, 0) is 6.61 Å². The van der Waals surface area contributed by atoms with Crippen LogP contribution in [0, 0.1) is 0 Å². The van der Waals surface area contributed by atoms with Crippen LogP contribution in [0.15, 0.2) is 96.2 Å². The average molecular weight is 509 g/mol. The molecule has 0 radical (unpaired) electrons. The van der Waals surface area contributed by atoms with Gasteiger partial charge in [-0.2, -0.15) is 9.20 Å². The quantitative estimate of drug-likeness (QED) is 0.325. The highest BCUT2D eigenvalue weighted by Gasteiger charge is 2.20. The zero-order chi connectivity index (χ0) is 25.2. The highest BCUT2D eigenvalue weighted by Crippen LogP contribution is 2.25. The third kappa shape index (κ3) is 4.45. The van der Waals surface area contributed by atoms with Crippen LogP contribution in [0.3, 0.4) is 0 Å². The van der Waals surface area contributed by atoms with E-state index < -0.39 is 0 Å². The second kappa shape index (κ2) is 9.67. The number of para-hydroxylation sites is 1. The Balaban J connectivity index is 1.40. The van der Waals surface area contributed by atoms with Gasteiger partial charge in [-0.25, -0.2) is 4.99 Å². The molecular formula is C27H20N6O3S. The summed E-state index contributed by atoms with van der Waals surface area (Å²) in [5.41, 5.74) is 1.19. The number of hydrogen-bond donors (Lipinski definition) is 0. The molecular weight excluding hydrogens is 488 g/mol. The predicted molar refractivity (Wildman–Crippen MR) is 139 cm³/mol. The number of fused-ring (bicyclic) bond motifs is 2. The van der Waals surface area contributed by atoms with Crippen LogP contribution in [-0.4, -0.2) is 37.4 Å². The fourth-order valence-electron chi connectivity index (χ4n) is 3.90. The molecule has 0 bridgehead atoms. The summed E-state index contributed by atoms with van der Waals surface area (Å²) >= 11 is 1.27. The lowest BCUT2D eigenvalue weighted by Gasteiger charge is -2.09. The molecule has 3 aromatic carbocycles. The van der Waals surface area contributed by atoms with Gasteiger partial charge in [-0.3, -0.25) is 9.78 Å². The van der Waals surface area contributed by atoms with Crippen molar-refractivity contribution >= 4 is 38.7 Å². The van der Waals surface area contributed by atoms with Gasteiger partial charge < -0.3 is 9.47 Å². The molecule has 6 aromatic rings. The lowest BCUT2D eigenvalue weighted by molar-refractivity contribution is 0.0933. The molecule has 0 unspecified atom stereocenters. The molecule has 0 aliphatic rings. The Kier molecular flexibility index (Phi) is 5.91. The standard InChI is InChI=1S/C27H20N6O3S/c1-35-22-9-7-20-16-23(10-8-19(20)15-22)36-17-24-30-31-27-32(24)33(25(34)18-11-13-28-14-12-18)26(37-27)29-21-5-3-2-4-6-21/h2-16H,17H2,1H3. The van der Waals surface area contributed by atoms with E-state index >= 15 is 0 Å². The van der Waals surface area contributed by atoms with E-state index in [0.29, 0.717) is 26.9 Å². The molecule has 0 amide bonds. The van der Waals surface area contributed by atoms with E-state index in [-0.39, 0.29) is 12.5 Å². The Morgan fingerprint density at radius 3 is 2.41 bits per heavy atom. The predicted octanol–water partition coefficient (Wildman–Crippen LogP) is 4.65. The van der Waals surface area contributed by atoms with Crippen molar-refractivity contribution in [3.05, 3.63) is 107 Å². The van der Waals surface area contributed by atoms with E-state index in [1.165, 1.54) is 16.0 Å². The molecule has 10 heteroatoms. The van der Waals surface area contributed by atoms with Gasteiger partial charge in [0.1, 0.15) is 18.1 Å². The third-order valence-corrected chi connectivity index (χ3v) is 6.61. The molecule has 0 aliphatic carbocycles. The van der Waals surface area contributed by atoms with Gasteiger partial charge in [0, 0.05) is 18.0 Å². The van der Waals surface area contributed by atoms with Crippen LogP contribution in [0.1, 0.15) is 16.2 Å². The molecule has 0 saturated carbocycles. The maximum atomic E-state index is 13.6. The van der Waals surface area contributed by atoms with Crippen molar-refractivity contribution in [1.29, 1.82) is 0 Å². The van der Waals surface area contributed by atoms with Gasteiger partial charge >= 0.3 is 0 Å². The highest BCUT2D eigenvalue weighted by molar-refractivity contribution is 7.14. The molecule has 0 N–H and O–H groups in total. The lowest BCUT2D eigenvalue weighted by atomic mass is 10.1. The largest absolute Gasteiger partial charge is 0.497 e. The van der Waals surface area contributed by atoms with Crippen LogP contribution in [0.2, 0.25) is 0 Å². The zero-order valence-electron chi connectivity index (χ0n) is 19.7. The van der Waals surface area contributed by atoms with E-state index in [1.54, 1.807) is 36.2 Å². The second-order valence-corrected chi connectivity index (χ2v) is 8.99. The van der Waals surface area contributed by atoms with Crippen LogP contribution in [0.5, 0.6) is 11.5 Å². The van der Waals surface area contributed by atoms with Gasteiger partial charge in [0.15, 0.2) is 5.82 Å². The second-order valence-electron chi connectivity index (χ2n) is 8.06. The maximum absolute atomic E-state index is 13.6. The molecule has 182 valence electrons. The van der Waals surface area contributed by atoms with Gasteiger partial charge in [-0.15, -0.1) is 10.2 Å². The number of carbonyl (C=O) groups is 1. The van der Waals surface area contributed by atoms with Crippen LogP contribution in [0.4, 0.5) is 5.69 Å². The Morgan fingerprint density at radius 1 is 0.919 bits per heavy atom. The van der Waals surface area contributed by atoms with Crippen molar-refractivity contribution < 1.29 is 14.3 Å². The first-order chi connectivity index (χ1) is 18.2. The normalized spacial score (nSPS) is 11.8. The van der Waals surface area contributed by atoms with Crippen molar-refractivity contribution in [1.82, 2.24) is 24.4 Å². The van der Waals surface area contributed by atoms with Crippen molar-refractivity contribution in [2.75, 3.05) is 7.11 Å². The minimum Gasteiger partial charge on any atom is -0.497 e. The van der Waals surface area contributed by atoms with E-state index in [0.717, 1.165) is 22.2 Å². The molecule has 3 heterocycles. The number of ether oxygens (including phenoxy) is 2. The molecule has 9 nitrogen and oxygen atoms in total. The van der Waals surface area contributed by atoms with Crippen LogP contribution < -0.4 is 14.3 Å². The van der Waals surface area contributed by atoms with Gasteiger partial charge in [0.25, 0.3) is 5.91 Å². The summed E-state index contributed by atoms with van der Waals surface area (Å²) in [6.45, 7) is 0.105. The average Bonchev–Trinajstić information content (AvgIpc) is 3.50. The minimum absolute atomic E-state index is 0.105. The first kappa shape index (κ1) is 22.6. The number of nitrogens with zero attached hydrogens (tertiary/aromatic N) is 6. The molecule has 0 saturated heterocycles. The monoisotopic (exact) mass is 508 g/mol. The number of pyridine rings is 1. The van der Waals surface area contributed by atoms with Gasteiger partial charge in [-0.1, -0.05) is 41.7 Å². The Hall–Kier alpha value is -4.83. The van der Waals surface area contributed by atoms with Gasteiger partial charge in [-0.05, 0) is 59.3 Å². The topological polar surface area (TPSA) is 95.9 Å². The number of methoxy groups -OCH3 is 1. The Bertz CT molecular complexity index is 1790. The van der Waals surface area contributed by atoms with E-state index in [9.17, 15) is 4.79 Å². The molecule has 37 heavy (non-hydrogen) atoms. The third-order valence-electron chi connectivity index (χ3n) is 5.73. The summed E-state index contributed by atoms with van der Waals surface area (Å²) in [6, 6.07) is 24.5. The SMILES string of the molecule is COc1ccc2cc(OCc3nnc4sc(=Nc5ccccc5)n(C(=O)c5ccncc5)n34)ccc2c1. The van der Waals surface area contributed by atoms with Gasteiger partial charge in [0.05, 0.1) is 12.8 Å². The summed E-state index contributed by atoms with van der Waals surface area (Å²) in [6.07, 6.45) is 3.16. The highest BCUT2D eigenvalue weighted by atomic mass is 32.1. The Labute approximate surface area is 214 Å². The number of aromatic nitrogens is 5. The van der Waals surface area contributed by atoms with Crippen LogP contribution >= 0.6 is 11.3 Å². The van der Waals surface area contributed by atoms with Gasteiger partial charge in [0.2, 0.25) is 9.76 Å². The van der Waals surface area contributed by atoms with E-state index in [4.69, 9.17) is 14.5 Å². The summed E-state index contributed by atoms with van der Waals surface area (Å²) < 4.78 is 14.5. The van der Waals surface area contributed by atoms with E-state index in [1.807, 2.05) is 66.7 Å². The molecule has 3 aromatic heterocycles. The first-order valence-electron chi connectivity index (χ1n) is 11.4. The zero-order valence-corrected chi connectivity index (χ0v) is 20.5. The van der Waals surface area contributed by atoms with Crippen LogP contribution in [0.25, 0.3) is 15.7 Å².